The molecule has 5 nitrogen and oxygen atoms in total. The number of rotatable bonds is 2. The number of halogens is 2. The van der Waals surface area contributed by atoms with Gasteiger partial charge < -0.3 is 4.52 Å². The second-order valence-electron chi connectivity index (χ2n) is 2.75. The van der Waals surface area contributed by atoms with Gasteiger partial charge in [-0.1, -0.05) is 28.4 Å². The molecule has 2 aromatic rings. The summed E-state index contributed by atoms with van der Waals surface area (Å²) in [4.78, 5) is 11.5. The molecule has 0 fully saturated rings. The first-order valence-electron chi connectivity index (χ1n) is 3.99. The lowest BCUT2D eigenvalue weighted by atomic mass is 10.4. The average Bonchev–Trinajstić information content (AvgIpc) is 2.72. The molecular weight excluding hydrogens is 241 g/mol. The molecule has 0 saturated carbocycles. The van der Waals surface area contributed by atoms with E-state index in [1.54, 1.807) is 6.07 Å². The SMILES string of the molecule is O=c1c(Cl)c(Cl)cnn1Cc1ccno1. The third kappa shape index (κ3) is 2.03. The van der Waals surface area contributed by atoms with E-state index >= 15 is 0 Å². The number of hydrogen-bond acceptors (Lipinski definition) is 4. The number of hydrogen-bond donors (Lipinski definition) is 0. The summed E-state index contributed by atoms with van der Waals surface area (Å²) in [7, 11) is 0. The third-order valence-corrected chi connectivity index (χ3v) is 2.49. The Bertz CT molecular complexity index is 521. The third-order valence-electron chi connectivity index (χ3n) is 1.74. The maximum absolute atomic E-state index is 11.5. The van der Waals surface area contributed by atoms with Gasteiger partial charge in [0.2, 0.25) is 0 Å². The van der Waals surface area contributed by atoms with Crippen LogP contribution in [0.2, 0.25) is 10.0 Å². The summed E-state index contributed by atoms with van der Waals surface area (Å²) in [6.45, 7) is 0.176. The molecule has 0 amide bonds. The summed E-state index contributed by atoms with van der Waals surface area (Å²) in [5.41, 5.74) is -0.458. The van der Waals surface area contributed by atoms with Crippen LogP contribution in [0.5, 0.6) is 0 Å². The maximum Gasteiger partial charge on any atom is 0.287 e. The van der Waals surface area contributed by atoms with Crippen LogP contribution in [0.3, 0.4) is 0 Å². The fourth-order valence-corrected chi connectivity index (χ4v) is 1.30. The summed E-state index contributed by atoms with van der Waals surface area (Å²) in [6, 6.07) is 1.64. The molecule has 2 heterocycles. The molecule has 15 heavy (non-hydrogen) atoms. The van der Waals surface area contributed by atoms with Crippen LogP contribution in [0, 0.1) is 0 Å². The van der Waals surface area contributed by atoms with Gasteiger partial charge in [0, 0.05) is 6.07 Å². The van der Waals surface area contributed by atoms with E-state index in [2.05, 4.69) is 10.3 Å². The monoisotopic (exact) mass is 245 g/mol. The normalized spacial score (nSPS) is 10.5. The van der Waals surface area contributed by atoms with Crippen molar-refractivity contribution in [2.45, 2.75) is 6.54 Å². The van der Waals surface area contributed by atoms with E-state index in [1.165, 1.54) is 12.4 Å². The minimum Gasteiger partial charge on any atom is -0.359 e. The van der Waals surface area contributed by atoms with Crippen molar-refractivity contribution in [2.24, 2.45) is 0 Å². The van der Waals surface area contributed by atoms with Crippen LogP contribution in [0.1, 0.15) is 5.76 Å². The Hall–Kier alpha value is -1.33. The van der Waals surface area contributed by atoms with Crippen molar-refractivity contribution in [1.29, 1.82) is 0 Å². The van der Waals surface area contributed by atoms with E-state index in [9.17, 15) is 4.79 Å². The van der Waals surface area contributed by atoms with Gasteiger partial charge in [0.15, 0.2) is 5.76 Å². The smallest absolute Gasteiger partial charge is 0.287 e. The van der Waals surface area contributed by atoms with Crippen LogP contribution in [-0.2, 0) is 6.54 Å². The van der Waals surface area contributed by atoms with E-state index in [1.807, 2.05) is 0 Å². The minimum absolute atomic E-state index is 0.0498. The van der Waals surface area contributed by atoms with E-state index in [-0.39, 0.29) is 16.6 Å². The quantitative estimate of drug-likeness (QED) is 0.807. The molecule has 0 radical (unpaired) electrons. The summed E-state index contributed by atoms with van der Waals surface area (Å²) >= 11 is 11.3. The van der Waals surface area contributed by atoms with Crippen LogP contribution in [0.25, 0.3) is 0 Å². The molecule has 0 atom stereocenters. The molecule has 0 unspecified atom stereocenters. The zero-order chi connectivity index (χ0) is 10.8. The van der Waals surface area contributed by atoms with Gasteiger partial charge in [-0.05, 0) is 0 Å². The van der Waals surface area contributed by atoms with E-state index in [0.29, 0.717) is 5.76 Å². The predicted octanol–water partition coefficient (Wildman–Crippen LogP) is 1.59. The number of nitrogens with zero attached hydrogens (tertiary/aromatic N) is 3. The molecule has 0 spiro atoms. The fraction of sp³-hybridized carbons (Fsp3) is 0.125. The van der Waals surface area contributed by atoms with Crippen molar-refractivity contribution in [3.63, 3.8) is 0 Å². The van der Waals surface area contributed by atoms with Crippen LogP contribution >= 0.6 is 23.2 Å². The molecular formula is C8H5Cl2N3O2. The van der Waals surface area contributed by atoms with Gasteiger partial charge in [0.05, 0.1) is 17.4 Å². The van der Waals surface area contributed by atoms with Gasteiger partial charge in [-0.2, -0.15) is 5.10 Å². The lowest BCUT2D eigenvalue weighted by molar-refractivity contribution is 0.368. The average molecular weight is 246 g/mol. The maximum atomic E-state index is 11.5. The Kier molecular flexibility index (Phi) is 2.75. The van der Waals surface area contributed by atoms with Crippen molar-refractivity contribution >= 4 is 23.2 Å². The summed E-state index contributed by atoms with van der Waals surface area (Å²) in [6.07, 6.45) is 2.79. The van der Waals surface area contributed by atoms with Crippen molar-refractivity contribution in [3.8, 4) is 0 Å². The Morgan fingerprint density at radius 2 is 2.27 bits per heavy atom. The first-order chi connectivity index (χ1) is 7.18. The largest absolute Gasteiger partial charge is 0.359 e. The summed E-state index contributed by atoms with van der Waals surface area (Å²) in [5.74, 6) is 0.517. The fourth-order valence-electron chi connectivity index (χ4n) is 1.03. The Morgan fingerprint density at radius 1 is 1.47 bits per heavy atom. The topological polar surface area (TPSA) is 60.9 Å². The van der Waals surface area contributed by atoms with Crippen molar-refractivity contribution in [2.75, 3.05) is 0 Å². The lowest BCUT2D eigenvalue weighted by Gasteiger charge is -2.01. The molecule has 0 aromatic carbocycles. The van der Waals surface area contributed by atoms with Crippen LogP contribution < -0.4 is 5.56 Å². The minimum atomic E-state index is -0.458. The van der Waals surface area contributed by atoms with E-state index < -0.39 is 5.56 Å². The first-order valence-corrected chi connectivity index (χ1v) is 4.75. The summed E-state index contributed by atoms with van der Waals surface area (Å²) < 4.78 is 5.98. The van der Waals surface area contributed by atoms with Crippen LogP contribution in [0.4, 0.5) is 0 Å². The van der Waals surface area contributed by atoms with Crippen molar-refractivity contribution in [3.05, 3.63) is 44.6 Å². The van der Waals surface area contributed by atoms with Crippen molar-refractivity contribution in [1.82, 2.24) is 14.9 Å². The molecule has 0 aliphatic carbocycles. The van der Waals surface area contributed by atoms with Gasteiger partial charge >= 0.3 is 0 Å². The highest BCUT2D eigenvalue weighted by molar-refractivity contribution is 6.41. The molecule has 78 valence electrons. The van der Waals surface area contributed by atoms with Crippen molar-refractivity contribution < 1.29 is 4.52 Å². The molecule has 0 saturated heterocycles. The molecule has 7 heteroatoms. The highest BCUT2D eigenvalue weighted by atomic mass is 35.5. The summed E-state index contributed by atoms with van der Waals surface area (Å²) in [5, 5.41) is 7.41. The predicted molar refractivity (Wildman–Crippen MR) is 54.1 cm³/mol. The van der Waals surface area contributed by atoms with Gasteiger partial charge in [0.1, 0.15) is 11.6 Å². The first kappa shape index (κ1) is 10.2. The molecule has 0 N–H and O–H groups in total. The second-order valence-corrected chi connectivity index (χ2v) is 3.53. The Labute approximate surface area is 94.2 Å². The molecule has 0 bridgehead atoms. The molecule has 0 aliphatic heterocycles. The van der Waals surface area contributed by atoms with Crippen LogP contribution in [0.15, 0.2) is 27.8 Å². The van der Waals surface area contributed by atoms with E-state index in [0.717, 1.165) is 4.68 Å². The zero-order valence-electron chi connectivity index (χ0n) is 7.35. The molecule has 2 aromatic heterocycles. The number of aromatic nitrogens is 3. The Morgan fingerprint density at radius 3 is 2.93 bits per heavy atom. The van der Waals surface area contributed by atoms with E-state index in [4.69, 9.17) is 27.7 Å². The van der Waals surface area contributed by atoms with Gasteiger partial charge in [-0.3, -0.25) is 4.79 Å². The molecule has 0 aliphatic rings. The highest BCUT2D eigenvalue weighted by Crippen LogP contribution is 2.14. The zero-order valence-corrected chi connectivity index (χ0v) is 8.87. The van der Waals surface area contributed by atoms with Gasteiger partial charge in [0.25, 0.3) is 5.56 Å². The molecule has 2 rings (SSSR count). The second kappa shape index (κ2) is 4.04. The van der Waals surface area contributed by atoms with Crippen LogP contribution in [-0.4, -0.2) is 14.9 Å². The van der Waals surface area contributed by atoms with Gasteiger partial charge in [-0.25, -0.2) is 4.68 Å². The standard InChI is InChI=1S/C8H5Cl2N3O2/c9-6-3-11-13(8(14)7(6)10)4-5-1-2-12-15-5/h1-3H,4H2. The van der Waals surface area contributed by atoms with Gasteiger partial charge in [-0.15, -0.1) is 0 Å². The lowest BCUT2D eigenvalue weighted by Crippen LogP contribution is -2.23. The highest BCUT2D eigenvalue weighted by Gasteiger charge is 2.08. The Balaban J connectivity index is 2.38.